The highest BCUT2D eigenvalue weighted by Crippen LogP contribution is 2.33. The second-order valence-electron chi connectivity index (χ2n) is 6.46. The maximum atomic E-state index is 13.7. The van der Waals surface area contributed by atoms with Gasteiger partial charge in [0.05, 0.1) is 5.69 Å². The number of nitrogens with zero attached hydrogens (tertiary/aromatic N) is 1. The lowest BCUT2D eigenvalue weighted by molar-refractivity contribution is 0.194. The number of benzene rings is 2. The van der Waals surface area contributed by atoms with Gasteiger partial charge in [-0.1, -0.05) is 30.3 Å². The van der Waals surface area contributed by atoms with E-state index in [9.17, 15) is 9.18 Å². The second-order valence-corrected chi connectivity index (χ2v) is 6.46. The van der Waals surface area contributed by atoms with Crippen LogP contribution < -0.4 is 5.32 Å². The number of aromatic amines is 1. The molecule has 1 aromatic heterocycles. The van der Waals surface area contributed by atoms with E-state index in [0.29, 0.717) is 19.0 Å². The summed E-state index contributed by atoms with van der Waals surface area (Å²) in [6.07, 6.45) is 3.91. The number of H-pyrrole nitrogens is 1. The van der Waals surface area contributed by atoms with Gasteiger partial charge in [-0.3, -0.25) is 0 Å². The number of anilines is 1. The first-order valence-electron chi connectivity index (χ1n) is 8.59. The van der Waals surface area contributed by atoms with E-state index in [2.05, 4.69) is 34.7 Å². The summed E-state index contributed by atoms with van der Waals surface area (Å²) in [5.74, 6) is 0.0261. The monoisotopic (exact) mass is 337 g/mol. The van der Waals surface area contributed by atoms with Crippen LogP contribution in [0.2, 0.25) is 0 Å². The van der Waals surface area contributed by atoms with Crippen LogP contribution in [0.25, 0.3) is 10.9 Å². The Morgan fingerprint density at radius 1 is 1.08 bits per heavy atom. The molecule has 2 N–H and O–H groups in total. The number of aromatic nitrogens is 1. The van der Waals surface area contributed by atoms with Gasteiger partial charge >= 0.3 is 6.03 Å². The van der Waals surface area contributed by atoms with E-state index < -0.39 is 5.82 Å². The molecule has 128 valence electrons. The van der Waals surface area contributed by atoms with Crippen molar-refractivity contribution in [3.8, 4) is 0 Å². The van der Waals surface area contributed by atoms with Crippen LogP contribution in [-0.4, -0.2) is 29.0 Å². The minimum Gasteiger partial charge on any atom is -0.361 e. The van der Waals surface area contributed by atoms with Gasteiger partial charge in [0.2, 0.25) is 0 Å². The first kappa shape index (κ1) is 15.7. The maximum Gasteiger partial charge on any atom is 0.321 e. The van der Waals surface area contributed by atoms with Gasteiger partial charge in [-0.2, -0.15) is 0 Å². The molecule has 1 aliphatic rings. The summed E-state index contributed by atoms with van der Waals surface area (Å²) in [6, 6.07) is 14.3. The van der Waals surface area contributed by atoms with Crippen molar-refractivity contribution in [2.45, 2.75) is 18.8 Å². The first-order chi connectivity index (χ1) is 12.2. The highest BCUT2D eigenvalue weighted by molar-refractivity contribution is 5.89. The van der Waals surface area contributed by atoms with Crippen molar-refractivity contribution in [2.75, 3.05) is 18.4 Å². The van der Waals surface area contributed by atoms with E-state index >= 15 is 0 Å². The van der Waals surface area contributed by atoms with Crippen molar-refractivity contribution in [3.63, 3.8) is 0 Å². The summed E-state index contributed by atoms with van der Waals surface area (Å²) in [5.41, 5.74) is 2.70. The molecule has 0 aliphatic carbocycles. The minimum absolute atomic E-state index is 0.228. The van der Waals surface area contributed by atoms with Gasteiger partial charge in [0.15, 0.2) is 0 Å². The number of nitrogens with one attached hydrogen (secondary N) is 2. The standard InChI is InChI=1S/C20H20FN3O/c21-17-6-2-4-8-19(17)23-20(25)24-11-9-14(10-12-24)16-13-22-18-7-3-1-5-15(16)18/h1-8,13-14,22H,9-12H2,(H,23,25). The van der Waals surface area contributed by atoms with Crippen molar-refractivity contribution >= 4 is 22.6 Å². The van der Waals surface area contributed by atoms with Gasteiger partial charge in [0.25, 0.3) is 0 Å². The van der Waals surface area contributed by atoms with Crippen LogP contribution in [0.1, 0.15) is 24.3 Å². The number of likely N-dealkylation sites (tertiary alicyclic amines) is 1. The molecule has 2 aromatic carbocycles. The fourth-order valence-electron chi connectivity index (χ4n) is 3.58. The average Bonchev–Trinajstić information content (AvgIpc) is 3.08. The van der Waals surface area contributed by atoms with E-state index in [0.717, 1.165) is 18.4 Å². The third-order valence-electron chi connectivity index (χ3n) is 4.96. The Labute approximate surface area is 145 Å². The summed E-state index contributed by atoms with van der Waals surface area (Å²) in [7, 11) is 0. The molecule has 25 heavy (non-hydrogen) atoms. The average molecular weight is 337 g/mol. The highest BCUT2D eigenvalue weighted by Gasteiger charge is 2.25. The van der Waals surface area contributed by atoms with Crippen molar-refractivity contribution in [2.24, 2.45) is 0 Å². The molecule has 1 aliphatic heterocycles. The van der Waals surface area contributed by atoms with Gasteiger partial charge in [-0.15, -0.1) is 0 Å². The number of hydrogen-bond donors (Lipinski definition) is 2. The molecule has 0 spiro atoms. The number of urea groups is 1. The molecule has 1 saturated heterocycles. The summed E-state index contributed by atoms with van der Waals surface area (Å²) in [5, 5.41) is 3.93. The third kappa shape index (κ3) is 3.09. The molecule has 0 atom stereocenters. The topological polar surface area (TPSA) is 48.1 Å². The summed E-state index contributed by atoms with van der Waals surface area (Å²) < 4.78 is 13.7. The SMILES string of the molecule is O=C(Nc1ccccc1F)N1CCC(c2c[nH]c3ccccc23)CC1. The lowest BCUT2D eigenvalue weighted by Crippen LogP contribution is -2.40. The first-order valence-corrected chi connectivity index (χ1v) is 8.59. The Bertz CT molecular complexity index is 897. The summed E-state index contributed by atoms with van der Waals surface area (Å²) in [4.78, 5) is 17.5. The van der Waals surface area contributed by atoms with Crippen LogP contribution in [0.4, 0.5) is 14.9 Å². The highest BCUT2D eigenvalue weighted by atomic mass is 19.1. The number of rotatable bonds is 2. The fraction of sp³-hybridized carbons (Fsp3) is 0.250. The van der Waals surface area contributed by atoms with Crippen molar-refractivity contribution in [1.29, 1.82) is 0 Å². The number of hydrogen-bond acceptors (Lipinski definition) is 1. The van der Waals surface area contributed by atoms with Gasteiger partial charge in [0, 0.05) is 30.2 Å². The van der Waals surface area contributed by atoms with Crippen molar-refractivity contribution < 1.29 is 9.18 Å². The van der Waals surface area contributed by atoms with Crippen LogP contribution in [0.5, 0.6) is 0 Å². The second kappa shape index (κ2) is 6.59. The van der Waals surface area contributed by atoms with Gasteiger partial charge in [0.1, 0.15) is 5.82 Å². The molecule has 0 saturated carbocycles. The van der Waals surface area contributed by atoms with Crippen LogP contribution in [0.15, 0.2) is 54.7 Å². The summed E-state index contributed by atoms with van der Waals surface area (Å²) in [6.45, 7) is 1.34. The zero-order chi connectivity index (χ0) is 17.2. The van der Waals surface area contributed by atoms with Crippen LogP contribution >= 0.6 is 0 Å². The maximum absolute atomic E-state index is 13.7. The Hall–Kier alpha value is -2.82. The van der Waals surface area contributed by atoms with Crippen molar-refractivity contribution in [1.82, 2.24) is 9.88 Å². The number of piperidine rings is 1. The van der Waals surface area contributed by atoms with E-state index in [-0.39, 0.29) is 11.7 Å². The third-order valence-corrected chi connectivity index (χ3v) is 4.96. The van der Waals surface area contributed by atoms with Gasteiger partial charge in [-0.05, 0) is 42.5 Å². The van der Waals surface area contributed by atoms with Gasteiger partial charge in [-0.25, -0.2) is 9.18 Å². The molecule has 3 aromatic rings. The van der Waals surface area contributed by atoms with Crippen LogP contribution in [-0.2, 0) is 0 Å². The van der Waals surface area contributed by atoms with E-state index in [1.165, 1.54) is 17.0 Å². The Morgan fingerprint density at radius 2 is 1.80 bits per heavy atom. The fourth-order valence-corrected chi connectivity index (χ4v) is 3.58. The normalized spacial score (nSPS) is 15.5. The number of amides is 2. The number of carbonyl (C=O) groups is 1. The molecule has 2 amide bonds. The number of para-hydroxylation sites is 2. The van der Waals surface area contributed by atoms with Gasteiger partial charge < -0.3 is 15.2 Å². The quantitative estimate of drug-likeness (QED) is 0.698. The predicted molar refractivity (Wildman–Crippen MR) is 97.3 cm³/mol. The van der Waals surface area contributed by atoms with Crippen molar-refractivity contribution in [3.05, 3.63) is 66.1 Å². The van der Waals surface area contributed by atoms with E-state index in [1.54, 1.807) is 23.1 Å². The predicted octanol–water partition coefficient (Wildman–Crippen LogP) is 4.72. The zero-order valence-electron chi connectivity index (χ0n) is 13.8. The minimum atomic E-state index is -0.412. The molecule has 0 radical (unpaired) electrons. The molecular formula is C20H20FN3O. The van der Waals surface area contributed by atoms with E-state index in [1.807, 2.05) is 6.07 Å². The lowest BCUT2D eigenvalue weighted by atomic mass is 9.89. The largest absolute Gasteiger partial charge is 0.361 e. The Balaban J connectivity index is 1.41. The Morgan fingerprint density at radius 3 is 2.60 bits per heavy atom. The molecule has 1 fully saturated rings. The molecule has 4 rings (SSSR count). The number of halogens is 1. The lowest BCUT2D eigenvalue weighted by Gasteiger charge is -2.32. The molecule has 0 unspecified atom stereocenters. The number of carbonyl (C=O) groups excluding carboxylic acids is 1. The molecule has 5 heteroatoms. The zero-order valence-corrected chi connectivity index (χ0v) is 13.8. The van der Waals surface area contributed by atoms with Crippen LogP contribution in [0.3, 0.4) is 0 Å². The molecule has 4 nitrogen and oxygen atoms in total. The van der Waals surface area contributed by atoms with E-state index in [4.69, 9.17) is 0 Å². The number of fused-ring (bicyclic) bond motifs is 1. The smallest absolute Gasteiger partial charge is 0.321 e. The summed E-state index contributed by atoms with van der Waals surface area (Å²) >= 11 is 0. The molecular weight excluding hydrogens is 317 g/mol. The Kier molecular flexibility index (Phi) is 4.14. The molecule has 2 heterocycles. The van der Waals surface area contributed by atoms with Crippen LogP contribution in [0, 0.1) is 5.82 Å². The molecule has 0 bridgehead atoms.